The predicted molar refractivity (Wildman–Crippen MR) is 76.7 cm³/mol. The molecule has 0 spiro atoms. The van der Waals surface area contributed by atoms with Gasteiger partial charge >= 0.3 is 0 Å². The van der Waals surface area contributed by atoms with Crippen LogP contribution in [-0.2, 0) is 0 Å². The monoisotopic (exact) mass is 269 g/mol. The molecule has 0 N–H and O–H groups in total. The van der Waals surface area contributed by atoms with Gasteiger partial charge < -0.3 is 0 Å². The molecule has 1 nitrogen and oxygen atoms in total. The number of nitrogens with zero attached hydrogens (tertiary/aromatic N) is 1. The van der Waals surface area contributed by atoms with Gasteiger partial charge in [-0.05, 0) is 48.4 Å². The maximum Gasteiger partial charge on any atom is 0.126 e. The molecular weight excluding hydrogens is 256 g/mol. The standard InChI is InChI=1S/C17H13F2N/c1-11-10-13(4-7-15(11)19)17-9-8-16(20-17)12-2-5-14(18)6-3-12/h2-7,9-10H,8H2,1H3. The van der Waals surface area contributed by atoms with Crippen molar-refractivity contribution in [3.8, 4) is 0 Å². The Labute approximate surface area is 116 Å². The molecule has 1 heterocycles. The summed E-state index contributed by atoms with van der Waals surface area (Å²) >= 11 is 0. The number of hydrogen-bond acceptors (Lipinski definition) is 1. The first-order chi connectivity index (χ1) is 9.63. The van der Waals surface area contributed by atoms with Crippen molar-refractivity contribution in [3.05, 3.63) is 76.9 Å². The Bertz CT molecular complexity index is 712. The Balaban J connectivity index is 1.90. The van der Waals surface area contributed by atoms with Gasteiger partial charge in [0.2, 0.25) is 0 Å². The van der Waals surface area contributed by atoms with Crippen LogP contribution in [0.5, 0.6) is 0 Å². The molecule has 100 valence electrons. The first-order valence-corrected chi connectivity index (χ1v) is 6.44. The third-order valence-corrected chi connectivity index (χ3v) is 3.38. The van der Waals surface area contributed by atoms with Crippen molar-refractivity contribution in [1.82, 2.24) is 0 Å². The minimum Gasteiger partial charge on any atom is -0.252 e. The minimum absolute atomic E-state index is 0.213. The molecule has 0 aliphatic carbocycles. The summed E-state index contributed by atoms with van der Waals surface area (Å²) in [4.78, 5) is 4.56. The lowest BCUT2D eigenvalue weighted by Crippen LogP contribution is -1.95. The number of hydrogen-bond donors (Lipinski definition) is 0. The predicted octanol–water partition coefficient (Wildman–Crippen LogP) is 4.51. The van der Waals surface area contributed by atoms with Crippen LogP contribution in [0.15, 0.2) is 53.5 Å². The quantitative estimate of drug-likeness (QED) is 0.760. The summed E-state index contributed by atoms with van der Waals surface area (Å²) in [6, 6.07) is 11.3. The molecule has 2 aromatic rings. The molecular formula is C17H13F2N. The Kier molecular flexibility index (Phi) is 3.18. The van der Waals surface area contributed by atoms with E-state index in [1.165, 1.54) is 18.2 Å². The highest BCUT2D eigenvalue weighted by Gasteiger charge is 2.13. The van der Waals surface area contributed by atoms with Crippen LogP contribution in [0.25, 0.3) is 5.70 Å². The molecule has 0 aromatic heterocycles. The summed E-state index contributed by atoms with van der Waals surface area (Å²) in [5.74, 6) is -0.468. The zero-order valence-corrected chi connectivity index (χ0v) is 11.0. The Morgan fingerprint density at radius 2 is 1.65 bits per heavy atom. The summed E-state index contributed by atoms with van der Waals surface area (Å²) in [6.07, 6.45) is 2.71. The lowest BCUT2D eigenvalue weighted by molar-refractivity contribution is 0.618. The number of benzene rings is 2. The minimum atomic E-state index is -0.255. The van der Waals surface area contributed by atoms with E-state index in [0.717, 1.165) is 22.5 Å². The van der Waals surface area contributed by atoms with Crippen molar-refractivity contribution < 1.29 is 8.78 Å². The zero-order chi connectivity index (χ0) is 14.1. The lowest BCUT2D eigenvalue weighted by Gasteiger charge is -2.03. The fourth-order valence-electron chi connectivity index (χ4n) is 2.24. The van der Waals surface area contributed by atoms with Gasteiger partial charge in [-0.3, -0.25) is 4.99 Å². The van der Waals surface area contributed by atoms with Crippen molar-refractivity contribution in [2.24, 2.45) is 4.99 Å². The molecule has 0 saturated carbocycles. The van der Waals surface area contributed by atoms with E-state index in [1.54, 1.807) is 31.2 Å². The lowest BCUT2D eigenvalue weighted by atomic mass is 10.1. The molecule has 0 atom stereocenters. The average Bonchev–Trinajstić information content (AvgIpc) is 2.92. The molecule has 3 heteroatoms. The second kappa shape index (κ2) is 5.00. The van der Waals surface area contributed by atoms with Crippen molar-refractivity contribution in [2.75, 3.05) is 0 Å². The van der Waals surface area contributed by atoms with E-state index in [9.17, 15) is 8.78 Å². The molecule has 2 aromatic carbocycles. The molecule has 20 heavy (non-hydrogen) atoms. The first kappa shape index (κ1) is 12.7. The molecule has 1 aliphatic heterocycles. The largest absolute Gasteiger partial charge is 0.252 e. The molecule has 1 aliphatic rings. The topological polar surface area (TPSA) is 12.4 Å². The molecule has 0 saturated heterocycles. The SMILES string of the molecule is Cc1cc(C2=CCC(c3ccc(F)cc3)=N2)ccc1F. The smallest absolute Gasteiger partial charge is 0.126 e. The molecule has 0 amide bonds. The van der Waals surface area contributed by atoms with Crippen LogP contribution in [0.1, 0.15) is 23.1 Å². The van der Waals surface area contributed by atoms with Crippen LogP contribution >= 0.6 is 0 Å². The van der Waals surface area contributed by atoms with Crippen LogP contribution in [0.3, 0.4) is 0 Å². The fourth-order valence-corrected chi connectivity index (χ4v) is 2.24. The summed E-state index contributed by atoms with van der Waals surface area (Å²) in [5.41, 5.74) is 4.17. The summed E-state index contributed by atoms with van der Waals surface area (Å²) < 4.78 is 26.2. The maximum absolute atomic E-state index is 13.3. The summed E-state index contributed by atoms with van der Waals surface area (Å²) in [5, 5.41) is 0. The van der Waals surface area contributed by atoms with E-state index in [-0.39, 0.29) is 11.6 Å². The molecule has 0 bridgehead atoms. The van der Waals surface area contributed by atoms with Crippen LogP contribution in [-0.4, -0.2) is 5.71 Å². The van der Waals surface area contributed by atoms with Gasteiger partial charge in [-0.25, -0.2) is 8.78 Å². The second-order valence-electron chi connectivity index (χ2n) is 4.82. The number of allylic oxidation sites excluding steroid dienone is 1. The van der Waals surface area contributed by atoms with E-state index in [2.05, 4.69) is 4.99 Å². The number of halogens is 2. The van der Waals surface area contributed by atoms with Crippen LogP contribution in [0.2, 0.25) is 0 Å². The van der Waals surface area contributed by atoms with Gasteiger partial charge in [0.15, 0.2) is 0 Å². The maximum atomic E-state index is 13.3. The third kappa shape index (κ3) is 2.39. The zero-order valence-electron chi connectivity index (χ0n) is 11.0. The number of aryl methyl sites for hydroxylation is 1. The van der Waals surface area contributed by atoms with Crippen LogP contribution in [0.4, 0.5) is 8.78 Å². The number of aliphatic imine (C=N–C) groups is 1. The van der Waals surface area contributed by atoms with Gasteiger partial charge in [-0.1, -0.05) is 18.2 Å². The van der Waals surface area contributed by atoms with Crippen molar-refractivity contribution in [2.45, 2.75) is 13.3 Å². The van der Waals surface area contributed by atoms with E-state index in [1.807, 2.05) is 6.08 Å². The highest BCUT2D eigenvalue weighted by Crippen LogP contribution is 2.26. The van der Waals surface area contributed by atoms with E-state index in [0.29, 0.717) is 12.0 Å². The highest BCUT2D eigenvalue weighted by atomic mass is 19.1. The summed E-state index contributed by atoms with van der Waals surface area (Å²) in [7, 11) is 0. The van der Waals surface area contributed by atoms with Crippen LogP contribution in [0, 0.1) is 18.6 Å². The molecule has 0 radical (unpaired) electrons. The molecule has 0 fully saturated rings. The van der Waals surface area contributed by atoms with Crippen LogP contribution < -0.4 is 0 Å². The fraction of sp³-hybridized carbons (Fsp3) is 0.118. The molecule has 3 rings (SSSR count). The van der Waals surface area contributed by atoms with E-state index in [4.69, 9.17) is 0 Å². The first-order valence-electron chi connectivity index (χ1n) is 6.44. The number of rotatable bonds is 2. The van der Waals surface area contributed by atoms with E-state index >= 15 is 0 Å². The van der Waals surface area contributed by atoms with Gasteiger partial charge in [0.25, 0.3) is 0 Å². The Morgan fingerprint density at radius 3 is 2.35 bits per heavy atom. The van der Waals surface area contributed by atoms with Gasteiger partial charge in [0.05, 0.1) is 11.4 Å². The third-order valence-electron chi connectivity index (χ3n) is 3.38. The van der Waals surface area contributed by atoms with Crippen molar-refractivity contribution in [3.63, 3.8) is 0 Å². The Hall–Kier alpha value is -2.29. The normalized spacial score (nSPS) is 14.2. The molecule has 0 unspecified atom stereocenters. The van der Waals surface area contributed by atoms with Gasteiger partial charge in [0.1, 0.15) is 11.6 Å². The van der Waals surface area contributed by atoms with Gasteiger partial charge in [0, 0.05) is 12.0 Å². The van der Waals surface area contributed by atoms with Gasteiger partial charge in [-0.2, -0.15) is 0 Å². The van der Waals surface area contributed by atoms with E-state index < -0.39 is 0 Å². The summed E-state index contributed by atoms with van der Waals surface area (Å²) in [6.45, 7) is 1.74. The second-order valence-corrected chi connectivity index (χ2v) is 4.82. The average molecular weight is 269 g/mol. The highest BCUT2D eigenvalue weighted by molar-refractivity contribution is 6.07. The Morgan fingerprint density at radius 1 is 0.950 bits per heavy atom. The van der Waals surface area contributed by atoms with Crippen molar-refractivity contribution in [1.29, 1.82) is 0 Å². The van der Waals surface area contributed by atoms with Crippen molar-refractivity contribution >= 4 is 11.4 Å². The van der Waals surface area contributed by atoms with Gasteiger partial charge in [-0.15, -0.1) is 0 Å².